The van der Waals surface area contributed by atoms with Crippen LogP contribution in [0.25, 0.3) is 33.4 Å². The highest BCUT2D eigenvalue weighted by molar-refractivity contribution is 5.97. The lowest BCUT2D eigenvalue weighted by molar-refractivity contribution is 0.773. The molecule has 22 heavy (non-hydrogen) atoms. The van der Waals surface area contributed by atoms with E-state index in [1.54, 1.807) is 6.20 Å². The van der Waals surface area contributed by atoms with Gasteiger partial charge in [-0.2, -0.15) is 5.10 Å². The Bertz CT molecular complexity index is 936. The molecule has 0 spiro atoms. The third kappa shape index (κ3) is 1.97. The van der Waals surface area contributed by atoms with Crippen LogP contribution in [0.2, 0.25) is 0 Å². The quantitative estimate of drug-likeness (QED) is 0.564. The molecule has 0 aliphatic carbocycles. The Balaban J connectivity index is 2.01. The first-order chi connectivity index (χ1) is 10.8. The molecular weight excluding hydrogens is 272 g/mol. The van der Waals surface area contributed by atoms with E-state index in [2.05, 4.69) is 21.1 Å². The van der Waals surface area contributed by atoms with Gasteiger partial charge in [0.25, 0.3) is 0 Å². The molecule has 4 nitrogen and oxygen atoms in total. The van der Waals surface area contributed by atoms with Crippen molar-refractivity contribution >= 4 is 10.9 Å². The van der Waals surface area contributed by atoms with Crippen molar-refractivity contribution < 1.29 is 0 Å². The van der Waals surface area contributed by atoms with Gasteiger partial charge in [0.05, 0.1) is 23.1 Å². The molecular formula is C18H14N4. The van der Waals surface area contributed by atoms with E-state index in [9.17, 15) is 0 Å². The van der Waals surface area contributed by atoms with Crippen molar-refractivity contribution in [2.24, 2.45) is 7.05 Å². The minimum absolute atomic E-state index is 0.915. The number of hydrogen-bond acceptors (Lipinski definition) is 3. The molecule has 0 bridgehead atoms. The lowest BCUT2D eigenvalue weighted by atomic mass is 10.0. The highest BCUT2D eigenvalue weighted by atomic mass is 15.3. The maximum atomic E-state index is 4.47. The lowest BCUT2D eigenvalue weighted by Crippen LogP contribution is -1.96. The van der Waals surface area contributed by atoms with Crippen LogP contribution in [-0.4, -0.2) is 19.7 Å². The summed E-state index contributed by atoms with van der Waals surface area (Å²) in [6.45, 7) is 0. The number of aromatic nitrogens is 4. The molecule has 0 saturated carbocycles. The van der Waals surface area contributed by atoms with Crippen LogP contribution in [0.4, 0.5) is 0 Å². The van der Waals surface area contributed by atoms with Crippen LogP contribution >= 0.6 is 0 Å². The Morgan fingerprint density at radius 3 is 2.55 bits per heavy atom. The molecule has 4 rings (SSSR count). The molecule has 0 unspecified atom stereocenters. The average Bonchev–Trinajstić information content (AvgIpc) is 2.96. The minimum atomic E-state index is 0.915. The standard InChI is InChI=1S/C18H14N4/c1-22-18(17-8-4-5-10-19-17)15(12-21-22)13-9-11-20-16-7-3-2-6-14(13)16/h2-12H,1H3. The Labute approximate surface area is 128 Å². The van der Waals surface area contributed by atoms with Crippen molar-refractivity contribution in [3.8, 4) is 22.5 Å². The number of fused-ring (bicyclic) bond motifs is 1. The lowest BCUT2D eigenvalue weighted by Gasteiger charge is -2.08. The topological polar surface area (TPSA) is 43.6 Å². The highest BCUT2D eigenvalue weighted by Crippen LogP contribution is 2.34. The van der Waals surface area contributed by atoms with Crippen LogP contribution < -0.4 is 0 Å². The molecule has 1 aromatic carbocycles. The maximum absolute atomic E-state index is 4.47. The van der Waals surface area contributed by atoms with Crippen molar-refractivity contribution in [1.29, 1.82) is 0 Å². The molecule has 4 aromatic rings. The zero-order chi connectivity index (χ0) is 14.9. The first-order valence-corrected chi connectivity index (χ1v) is 7.12. The second-order valence-corrected chi connectivity index (χ2v) is 5.12. The summed E-state index contributed by atoms with van der Waals surface area (Å²) < 4.78 is 1.87. The van der Waals surface area contributed by atoms with Gasteiger partial charge in [-0.1, -0.05) is 24.3 Å². The van der Waals surface area contributed by atoms with Gasteiger partial charge < -0.3 is 0 Å². The SMILES string of the molecule is Cn1ncc(-c2ccnc3ccccc23)c1-c1ccccn1. The summed E-state index contributed by atoms with van der Waals surface area (Å²) in [6.07, 6.45) is 5.54. The predicted molar refractivity (Wildman–Crippen MR) is 87.2 cm³/mol. The summed E-state index contributed by atoms with van der Waals surface area (Å²) in [6, 6.07) is 16.1. The number of benzene rings is 1. The van der Waals surface area contributed by atoms with Gasteiger partial charge in [-0.15, -0.1) is 0 Å². The van der Waals surface area contributed by atoms with E-state index < -0.39 is 0 Å². The van der Waals surface area contributed by atoms with Gasteiger partial charge in [0.2, 0.25) is 0 Å². The van der Waals surface area contributed by atoms with E-state index in [0.717, 1.165) is 33.4 Å². The van der Waals surface area contributed by atoms with Gasteiger partial charge in [-0.3, -0.25) is 14.6 Å². The third-order valence-corrected chi connectivity index (χ3v) is 3.79. The highest BCUT2D eigenvalue weighted by Gasteiger charge is 2.15. The molecule has 0 N–H and O–H groups in total. The van der Waals surface area contributed by atoms with Crippen molar-refractivity contribution in [1.82, 2.24) is 19.7 Å². The average molecular weight is 286 g/mol. The third-order valence-electron chi connectivity index (χ3n) is 3.79. The molecule has 0 fully saturated rings. The minimum Gasteiger partial charge on any atom is -0.266 e. The molecule has 0 atom stereocenters. The van der Waals surface area contributed by atoms with Crippen molar-refractivity contribution in [2.45, 2.75) is 0 Å². The molecule has 106 valence electrons. The second kappa shape index (κ2) is 5.07. The summed E-state index contributed by atoms with van der Waals surface area (Å²) in [4.78, 5) is 8.91. The number of aryl methyl sites for hydroxylation is 1. The zero-order valence-electron chi connectivity index (χ0n) is 12.1. The molecule has 0 radical (unpaired) electrons. The zero-order valence-corrected chi connectivity index (χ0v) is 12.1. The van der Waals surface area contributed by atoms with E-state index in [4.69, 9.17) is 0 Å². The number of pyridine rings is 2. The number of hydrogen-bond donors (Lipinski definition) is 0. The summed E-state index contributed by atoms with van der Waals surface area (Å²) in [5.41, 5.74) is 5.10. The van der Waals surface area contributed by atoms with Crippen molar-refractivity contribution in [3.05, 3.63) is 67.1 Å². The monoisotopic (exact) mass is 286 g/mol. The summed E-state index contributed by atoms with van der Waals surface area (Å²) in [7, 11) is 1.94. The Kier molecular flexibility index (Phi) is 2.93. The molecule has 3 aromatic heterocycles. The van der Waals surface area contributed by atoms with E-state index in [0.29, 0.717) is 0 Å². The molecule has 3 heterocycles. The van der Waals surface area contributed by atoms with E-state index in [1.165, 1.54) is 0 Å². The van der Waals surface area contributed by atoms with E-state index in [1.807, 2.05) is 66.6 Å². The van der Waals surface area contributed by atoms with Gasteiger partial charge in [0.15, 0.2) is 0 Å². The molecule has 0 aliphatic heterocycles. The van der Waals surface area contributed by atoms with Gasteiger partial charge in [-0.25, -0.2) is 0 Å². The number of rotatable bonds is 2. The number of nitrogens with zero attached hydrogens (tertiary/aromatic N) is 4. The van der Waals surface area contributed by atoms with Crippen molar-refractivity contribution in [3.63, 3.8) is 0 Å². The molecule has 4 heteroatoms. The largest absolute Gasteiger partial charge is 0.266 e. The van der Waals surface area contributed by atoms with E-state index >= 15 is 0 Å². The van der Waals surface area contributed by atoms with Crippen LogP contribution in [0.5, 0.6) is 0 Å². The first-order valence-electron chi connectivity index (χ1n) is 7.12. The van der Waals surface area contributed by atoms with Gasteiger partial charge in [-0.05, 0) is 29.8 Å². The molecule has 0 aliphatic rings. The van der Waals surface area contributed by atoms with Gasteiger partial charge in [0.1, 0.15) is 0 Å². The van der Waals surface area contributed by atoms with Crippen LogP contribution in [0.3, 0.4) is 0 Å². The van der Waals surface area contributed by atoms with Crippen LogP contribution in [0, 0.1) is 0 Å². The Morgan fingerprint density at radius 2 is 1.68 bits per heavy atom. The first kappa shape index (κ1) is 12.7. The van der Waals surface area contributed by atoms with Crippen LogP contribution in [0.15, 0.2) is 67.1 Å². The predicted octanol–water partition coefficient (Wildman–Crippen LogP) is 3.70. The number of para-hydroxylation sites is 1. The molecule has 0 amide bonds. The summed E-state index contributed by atoms with van der Waals surface area (Å²) >= 11 is 0. The second-order valence-electron chi connectivity index (χ2n) is 5.12. The van der Waals surface area contributed by atoms with Gasteiger partial charge in [0, 0.05) is 30.4 Å². The Hall–Kier alpha value is -3.01. The van der Waals surface area contributed by atoms with Crippen LogP contribution in [-0.2, 0) is 7.05 Å². The fraction of sp³-hybridized carbons (Fsp3) is 0.0556. The van der Waals surface area contributed by atoms with E-state index in [-0.39, 0.29) is 0 Å². The smallest absolute Gasteiger partial charge is 0.0941 e. The summed E-state index contributed by atoms with van der Waals surface area (Å²) in [5.74, 6) is 0. The summed E-state index contributed by atoms with van der Waals surface area (Å²) in [5, 5.41) is 5.55. The maximum Gasteiger partial charge on any atom is 0.0941 e. The van der Waals surface area contributed by atoms with Crippen LogP contribution in [0.1, 0.15) is 0 Å². The van der Waals surface area contributed by atoms with Gasteiger partial charge >= 0.3 is 0 Å². The normalized spacial score (nSPS) is 11.0. The Morgan fingerprint density at radius 1 is 0.818 bits per heavy atom. The fourth-order valence-electron chi connectivity index (χ4n) is 2.77. The van der Waals surface area contributed by atoms with Crippen molar-refractivity contribution in [2.75, 3.05) is 0 Å². The molecule has 0 saturated heterocycles. The fourth-order valence-corrected chi connectivity index (χ4v) is 2.77.